The van der Waals surface area contributed by atoms with E-state index in [0.717, 1.165) is 6.42 Å². The average molecular weight is 283 g/mol. The van der Waals surface area contributed by atoms with Crippen LogP contribution in [0.2, 0.25) is 10.3 Å². The highest BCUT2D eigenvalue weighted by Crippen LogP contribution is 2.15. The van der Waals surface area contributed by atoms with Crippen molar-refractivity contribution >= 4 is 23.2 Å². The number of aryl methyl sites for hydroxylation is 1. The minimum atomic E-state index is -0.316. The van der Waals surface area contributed by atoms with Gasteiger partial charge in [-0.1, -0.05) is 53.5 Å². The summed E-state index contributed by atoms with van der Waals surface area (Å²) in [6.07, 6.45) is 1.45. The van der Waals surface area contributed by atoms with Gasteiger partial charge in [0.25, 0.3) is 5.56 Å². The highest BCUT2D eigenvalue weighted by molar-refractivity contribution is 6.32. The van der Waals surface area contributed by atoms with Crippen LogP contribution in [0, 0.1) is 0 Å². The molecule has 0 aliphatic heterocycles. The van der Waals surface area contributed by atoms with Gasteiger partial charge in [0.15, 0.2) is 10.3 Å². The first-order valence-electron chi connectivity index (χ1n) is 5.54. The molecule has 0 saturated carbocycles. The fourth-order valence-corrected chi connectivity index (χ4v) is 2.34. The molecule has 0 radical (unpaired) electrons. The number of benzene rings is 1. The molecular formula is C13H12Cl2N2O. The maximum Gasteiger partial charge on any atom is 0.288 e. The SMILES string of the molecule is Cn1c(CCc2ccccc2)c(Cl)nc(Cl)c1=O. The molecule has 94 valence electrons. The van der Waals surface area contributed by atoms with E-state index in [4.69, 9.17) is 23.2 Å². The topological polar surface area (TPSA) is 34.9 Å². The van der Waals surface area contributed by atoms with Crippen molar-refractivity contribution < 1.29 is 0 Å². The van der Waals surface area contributed by atoms with Gasteiger partial charge >= 0.3 is 0 Å². The van der Waals surface area contributed by atoms with Crippen LogP contribution in [0.3, 0.4) is 0 Å². The predicted octanol–water partition coefficient (Wildman–Crippen LogP) is 2.87. The third-order valence-corrected chi connectivity index (χ3v) is 3.36. The lowest BCUT2D eigenvalue weighted by atomic mass is 10.1. The van der Waals surface area contributed by atoms with E-state index in [2.05, 4.69) is 4.98 Å². The van der Waals surface area contributed by atoms with Crippen molar-refractivity contribution in [2.75, 3.05) is 0 Å². The van der Waals surface area contributed by atoms with Crippen LogP contribution >= 0.6 is 23.2 Å². The van der Waals surface area contributed by atoms with Crippen LogP contribution in [0.25, 0.3) is 0 Å². The molecule has 0 fully saturated rings. The summed E-state index contributed by atoms with van der Waals surface area (Å²) in [6, 6.07) is 10.0. The lowest BCUT2D eigenvalue weighted by molar-refractivity contribution is 0.742. The van der Waals surface area contributed by atoms with Crippen molar-refractivity contribution in [3.05, 3.63) is 62.2 Å². The van der Waals surface area contributed by atoms with Crippen LogP contribution in [0.1, 0.15) is 11.3 Å². The van der Waals surface area contributed by atoms with Crippen molar-refractivity contribution in [3.8, 4) is 0 Å². The normalized spacial score (nSPS) is 10.6. The minimum absolute atomic E-state index is 0.0917. The second-order valence-corrected chi connectivity index (χ2v) is 4.71. The van der Waals surface area contributed by atoms with E-state index >= 15 is 0 Å². The van der Waals surface area contributed by atoms with E-state index in [9.17, 15) is 4.79 Å². The minimum Gasteiger partial charge on any atom is -0.310 e. The van der Waals surface area contributed by atoms with E-state index < -0.39 is 0 Å². The first kappa shape index (κ1) is 13.1. The fraction of sp³-hybridized carbons (Fsp3) is 0.231. The number of hydrogen-bond acceptors (Lipinski definition) is 2. The van der Waals surface area contributed by atoms with Crippen LogP contribution in [-0.4, -0.2) is 9.55 Å². The van der Waals surface area contributed by atoms with E-state index in [-0.39, 0.29) is 15.9 Å². The van der Waals surface area contributed by atoms with Gasteiger partial charge in [0.05, 0.1) is 5.69 Å². The molecule has 0 unspecified atom stereocenters. The summed E-state index contributed by atoms with van der Waals surface area (Å²) in [4.78, 5) is 15.5. The molecule has 18 heavy (non-hydrogen) atoms. The third kappa shape index (κ3) is 2.74. The molecule has 0 bridgehead atoms. The Morgan fingerprint density at radius 3 is 2.44 bits per heavy atom. The van der Waals surface area contributed by atoms with Gasteiger partial charge in [-0.15, -0.1) is 0 Å². The Morgan fingerprint density at radius 1 is 1.11 bits per heavy atom. The second kappa shape index (κ2) is 5.55. The van der Waals surface area contributed by atoms with Gasteiger partial charge in [0.1, 0.15) is 0 Å². The summed E-state index contributed by atoms with van der Waals surface area (Å²) < 4.78 is 1.46. The quantitative estimate of drug-likeness (QED) is 0.868. The fourth-order valence-electron chi connectivity index (χ4n) is 1.78. The molecule has 0 amide bonds. The zero-order chi connectivity index (χ0) is 13.1. The summed E-state index contributed by atoms with van der Waals surface area (Å²) in [5, 5.41) is 0.198. The van der Waals surface area contributed by atoms with Crippen LogP contribution in [-0.2, 0) is 19.9 Å². The van der Waals surface area contributed by atoms with Gasteiger partial charge in [-0.2, -0.15) is 0 Å². The molecule has 0 N–H and O–H groups in total. The molecule has 2 aromatic rings. The first-order chi connectivity index (χ1) is 8.59. The second-order valence-electron chi connectivity index (χ2n) is 3.99. The van der Waals surface area contributed by atoms with Gasteiger partial charge < -0.3 is 4.57 Å². The highest BCUT2D eigenvalue weighted by atomic mass is 35.5. The summed E-state index contributed by atoms with van der Waals surface area (Å²) in [7, 11) is 1.65. The zero-order valence-corrected chi connectivity index (χ0v) is 11.4. The van der Waals surface area contributed by atoms with Crippen LogP contribution in [0.15, 0.2) is 35.1 Å². The van der Waals surface area contributed by atoms with Crippen LogP contribution in [0.4, 0.5) is 0 Å². The highest BCUT2D eigenvalue weighted by Gasteiger charge is 2.11. The maximum absolute atomic E-state index is 11.7. The van der Waals surface area contributed by atoms with Gasteiger partial charge in [0, 0.05) is 7.05 Å². The molecule has 0 aliphatic carbocycles. The number of hydrogen-bond donors (Lipinski definition) is 0. The van der Waals surface area contributed by atoms with Crippen molar-refractivity contribution in [3.63, 3.8) is 0 Å². The Bertz CT molecular complexity index is 608. The smallest absolute Gasteiger partial charge is 0.288 e. The lowest BCUT2D eigenvalue weighted by Crippen LogP contribution is -2.23. The molecule has 0 aliphatic rings. The van der Waals surface area contributed by atoms with E-state index in [1.807, 2.05) is 30.3 Å². The summed E-state index contributed by atoms with van der Waals surface area (Å²) in [5.41, 5.74) is 1.58. The molecule has 3 nitrogen and oxygen atoms in total. The molecule has 5 heteroatoms. The molecule has 0 saturated heterocycles. The van der Waals surface area contributed by atoms with Gasteiger partial charge in [0.2, 0.25) is 0 Å². The van der Waals surface area contributed by atoms with Crippen molar-refractivity contribution in [1.29, 1.82) is 0 Å². The maximum atomic E-state index is 11.7. The molecule has 2 rings (SSSR count). The van der Waals surface area contributed by atoms with Crippen LogP contribution < -0.4 is 5.56 Å². The van der Waals surface area contributed by atoms with Gasteiger partial charge in [-0.25, -0.2) is 4.98 Å². The Morgan fingerprint density at radius 2 is 1.78 bits per heavy atom. The molecule has 1 aromatic heterocycles. The summed E-state index contributed by atoms with van der Waals surface area (Å²) >= 11 is 11.7. The molecular weight excluding hydrogens is 271 g/mol. The monoisotopic (exact) mass is 282 g/mol. The lowest BCUT2D eigenvalue weighted by Gasteiger charge is -2.10. The van der Waals surface area contributed by atoms with E-state index in [1.165, 1.54) is 10.1 Å². The standard InChI is InChI=1S/C13H12Cl2N2O/c1-17-10(11(14)16-12(15)13(17)18)8-7-9-5-3-2-4-6-9/h2-6H,7-8H2,1H3. The predicted molar refractivity (Wildman–Crippen MR) is 73.3 cm³/mol. The average Bonchev–Trinajstić information content (AvgIpc) is 2.37. The molecule has 0 spiro atoms. The zero-order valence-electron chi connectivity index (χ0n) is 9.86. The number of nitrogens with zero attached hydrogens (tertiary/aromatic N) is 2. The van der Waals surface area contributed by atoms with Crippen molar-refractivity contribution in [2.24, 2.45) is 7.05 Å². The largest absolute Gasteiger partial charge is 0.310 e. The number of rotatable bonds is 3. The summed E-state index contributed by atoms with van der Waals surface area (Å²) in [5.74, 6) is 0. The Hall–Kier alpha value is -1.32. The molecule has 1 heterocycles. The van der Waals surface area contributed by atoms with Gasteiger partial charge in [-0.3, -0.25) is 4.79 Å². The van der Waals surface area contributed by atoms with Gasteiger partial charge in [-0.05, 0) is 18.4 Å². The Labute approximate surface area is 115 Å². The Balaban J connectivity index is 2.25. The molecule has 1 aromatic carbocycles. The third-order valence-electron chi connectivity index (χ3n) is 2.81. The Kier molecular flexibility index (Phi) is 4.04. The molecule has 0 atom stereocenters. The number of aromatic nitrogens is 2. The van der Waals surface area contributed by atoms with Crippen molar-refractivity contribution in [2.45, 2.75) is 12.8 Å². The van der Waals surface area contributed by atoms with E-state index in [1.54, 1.807) is 7.05 Å². The van der Waals surface area contributed by atoms with E-state index in [0.29, 0.717) is 12.1 Å². The van der Waals surface area contributed by atoms with Crippen molar-refractivity contribution in [1.82, 2.24) is 9.55 Å². The first-order valence-corrected chi connectivity index (χ1v) is 6.30. The number of halogens is 2. The summed E-state index contributed by atoms with van der Waals surface area (Å²) in [6.45, 7) is 0. The van der Waals surface area contributed by atoms with Crippen LogP contribution in [0.5, 0.6) is 0 Å².